The SMILES string of the molecule is CC(=O)N(C)c1cc(-c2ccnc3c(C#N)cnn23)ccc1F. The van der Waals surface area contributed by atoms with Crippen molar-refractivity contribution < 1.29 is 9.18 Å². The Labute approximate surface area is 131 Å². The number of amides is 1. The van der Waals surface area contributed by atoms with Crippen LogP contribution in [0.4, 0.5) is 10.1 Å². The third-order valence-corrected chi connectivity index (χ3v) is 3.60. The summed E-state index contributed by atoms with van der Waals surface area (Å²) < 4.78 is 15.5. The van der Waals surface area contributed by atoms with E-state index in [1.807, 2.05) is 6.07 Å². The molecule has 0 radical (unpaired) electrons. The van der Waals surface area contributed by atoms with Crippen LogP contribution in [-0.4, -0.2) is 27.6 Å². The van der Waals surface area contributed by atoms with Gasteiger partial charge in [-0.25, -0.2) is 13.9 Å². The standard InChI is InChI=1S/C16H12FN5O/c1-10(23)21(2)15-7-11(3-4-13(15)17)14-5-6-19-16-12(8-18)9-20-22(14)16/h3-7,9H,1-2H3. The van der Waals surface area contributed by atoms with E-state index in [1.165, 1.54) is 35.6 Å². The van der Waals surface area contributed by atoms with Crippen LogP contribution in [0.15, 0.2) is 36.7 Å². The maximum atomic E-state index is 14.0. The average Bonchev–Trinajstić information content (AvgIpc) is 2.97. The molecule has 2 aromatic heterocycles. The lowest BCUT2D eigenvalue weighted by molar-refractivity contribution is -0.116. The van der Waals surface area contributed by atoms with Crippen molar-refractivity contribution in [3.8, 4) is 17.3 Å². The fourth-order valence-corrected chi connectivity index (χ4v) is 2.29. The van der Waals surface area contributed by atoms with E-state index in [2.05, 4.69) is 10.1 Å². The molecule has 0 aliphatic heterocycles. The van der Waals surface area contributed by atoms with E-state index in [4.69, 9.17) is 5.26 Å². The van der Waals surface area contributed by atoms with Crippen LogP contribution in [0.1, 0.15) is 12.5 Å². The number of hydrogen-bond acceptors (Lipinski definition) is 4. The third-order valence-electron chi connectivity index (χ3n) is 3.60. The summed E-state index contributed by atoms with van der Waals surface area (Å²) >= 11 is 0. The molecule has 114 valence electrons. The molecule has 0 fully saturated rings. The van der Waals surface area contributed by atoms with E-state index in [-0.39, 0.29) is 11.6 Å². The summed E-state index contributed by atoms with van der Waals surface area (Å²) in [6, 6.07) is 8.20. The molecule has 0 aliphatic carbocycles. The van der Waals surface area contributed by atoms with Gasteiger partial charge in [0.2, 0.25) is 5.91 Å². The van der Waals surface area contributed by atoms with Crippen LogP contribution in [0.25, 0.3) is 16.9 Å². The van der Waals surface area contributed by atoms with Crippen molar-refractivity contribution in [1.29, 1.82) is 5.26 Å². The second kappa shape index (κ2) is 5.50. The molecule has 0 spiro atoms. The fourth-order valence-electron chi connectivity index (χ4n) is 2.29. The molecule has 6 nitrogen and oxygen atoms in total. The zero-order chi connectivity index (χ0) is 16.6. The topological polar surface area (TPSA) is 74.3 Å². The van der Waals surface area contributed by atoms with Gasteiger partial charge in [0.25, 0.3) is 0 Å². The number of aromatic nitrogens is 3. The van der Waals surface area contributed by atoms with E-state index in [9.17, 15) is 9.18 Å². The van der Waals surface area contributed by atoms with Gasteiger partial charge >= 0.3 is 0 Å². The number of anilines is 1. The molecule has 0 N–H and O–H groups in total. The van der Waals surface area contributed by atoms with Crippen LogP contribution < -0.4 is 4.90 Å². The van der Waals surface area contributed by atoms with Crippen molar-refractivity contribution >= 4 is 17.2 Å². The number of rotatable bonds is 2. The van der Waals surface area contributed by atoms with Gasteiger partial charge in [-0.3, -0.25) is 4.79 Å². The maximum absolute atomic E-state index is 14.0. The first-order chi connectivity index (χ1) is 11.0. The minimum absolute atomic E-state index is 0.174. The van der Waals surface area contributed by atoms with Gasteiger partial charge in [-0.2, -0.15) is 10.4 Å². The van der Waals surface area contributed by atoms with Gasteiger partial charge in [0, 0.05) is 25.7 Å². The number of nitriles is 1. The predicted molar refractivity (Wildman–Crippen MR) is 82.2 cm³/mol. The first kappa shape index (κ1) is 14.7. The number of hydrogen-bond donors (Lipinski definition) is 0. The summed E-state index contributed by atoms with van der Waals surface area (Å²) in [6.07, 6.45) is 2.99. The number of carbonyl (C=O) groups excluding carboxylic acids is 1. The lowest BCUT2D eigenvalue weighted by Crippen LogP contribution is -2.23. The van der Waals surface area contributed by atoms with Gasteiger partial charge in [0.05, 0.1) is 17.6 Å². The third kappa shape index (κ3) is 2.40. The van der Waals surface area contributed by atoms with Crippen LogP contribution in [0, 0.1) is 17.1 Å². The van der Waals surface area contributed by atoms with Crippen LogP contribution in [-0.2, 0) is 4.79 Å². The van der Waals surface area contributed by atoms with Crippen molar-refractivity contribution in [2.24, 2.45) is 0 Å². The molecule has 3 rings (SSSR count). The summed E-state index contributed by atoms with van der Waals surface area (Å²) in [4.78, 5) is 16.9. The minimum atomic E-state index is -0.491. The zero-order valence-electron chi connectivity index (χ0n) is 12.5. The van der Waals surface area contributed by atoms with Crippen molar-refractivity contribution in [2.45, 2.75) is 6.92 Å². The Hall–Kier alpha value is -3.27. The Morgan fingerprint density at radius 1 is 1.39 bits per heavy atom. The first-order valence-corrected chi connectivity index (χ1v) is 6.80. The molecular formula is C16H12FN5O. The molecule has 0 saturated heterocycles. The molecule has 0 aliphatic rings. The summed E-state index contributed by atoms with van der Waals surface area (Å²) in [5.74, 6) is -0.762. The maximum Gasteiger partial charge on any atom is 0.223 e. The molecule has 3 aromatic rings. The van der Waals surface area contributed by atoms with Crippen LogP contribution in [0.2, 0.25) is 0 Å². The average molecular weight is 309 g/mol. The van der Waals surface area contributed by atoms with Gasteiger partial charge in [0.15, 0.2) is 5.65 Å². The van der Waals surface area contributed by atoms with Gasteiger partial charge in [0.1, 0.15) is 17.4 Å². The van der Waals surface area contributed by atoms with E-state index in [0.29, 0.717) is 22.5 Å². The van der Waals surface area contributed by atoms with E-state index in [1.54, 1.807) is 24.4 Å². The lowest BCUT2D eigenvalue weighted by Gasteiger charge is -2.17. The Morgan fingerprint density at radius 3 is 2.87 bits per heavy atom. The number of carbonyl (C=O) groups is 1. The van der Waals surface area contributed by atoms with Crippen molar-refractivity contribution in [1.82, 2.24) is 14.6 Å². The largest absolute Gasteiger partial charge is 0.313 e. The number of benzene rings is 1. The van der Waals surface area contributed by atoms with Crippen LogP contribution in [0.3, 0.4) is 0 Å². The Morgan fingerprint density at radius 2 is 2.17 bits per heavy atom. The summed E-state index contributed by atoms with van der Waals surface area (Å²) in [6.45, 7) is 1.36. The monoisotopic (exact) mass is 309 g/mol. The predicted octanol–water partition coefficient (Wildman–Crippen LogP) is 2.39. The molecule has 1 aromatic carbocycles. The number of nitrogens with zero attached hydrogens (tertiary/aromatic N) is 5. The first-order valence-electron chi connectivity index (χ1n) is 6.80. The molecule has 0 unspecified atom stereocenters. The van der Waals surface area contributed by atoms with Crippen molar-refractivity contribution in [3.63, 3.8) is 0 Å². The van der Waals surface area contributed by atoms with E-state index >= 15 is 0 Å². The van der Waals surface area contributed by atoms with E-state index < -0.39 is 5.82 Å². The number of halogens is 1. The Bertz CT molecular complexity index is 957. The highest BCUT2D eigenvalue weighted by molar-refractivity contribution is 5.91. The fraction of sp³-hybridized carbons (Fsp3) is 0.125. The summed E-state index contributed by atoms with van der Waals surface area (Å²) in [5.41, 5.74) is 2.27. The molecule has 0 saturated carbocycles. The molecule has 7 heteroatoms. The lowest BCUT2D eigenvalue weighted by atomic mass is 10.1. The highest BCUT2D eigenvalue weighted by Crippen LogP contribution is 2.27. The number of fused-ring (bicyclic) bond motifs is 1. The van der Waals surface area contributed by atoms with Crippen LogP contribution in [0.5, 0.6) is 0 Å². The van der Waals surface area contributed by atoms with E-state index in [0.717, 1.165) is 0 Å². The quantitative estimate of drug-likeness (QED) is 0.728. The van der Waals surface area contributed by atoms with Crippen molar-refractivity contribution in [2.75, 3.05) is 11.9 Å². The molecule has 23 heavy (non-hydrogen) atoms. The van der Waals surface area contributed by atoms with Gasteiger partial charge in [-0.15, -0.1) is 0 Å². The highest BCUT2D eigenvalue weighted by atomic mass is 19.1. The summed E-state index contributed by atoms with van der Waals surface area (Å²) in [5, 5.41) is 13.2. The van der Waals surface area contributed by atoms with Crippen LogP contribution >= 0.6 is 0 Å². The second-order valence-electron chi connectivity index (χ2n) is 4.98. The van der Waals surface area contributed by atoms with Gasteiger partial charge < -0.3 is 4.90 Å². The molecule has 0 bridgehead atoms. The Kier molecular flexibility index (Phi) is 3.50. The molecule has 0 atom stereocenters. The smallest absolute Gasteiger partial charge is 0.223 e. The zero-order valence-corrected chi connectivity index (χ0v) is 12.5. The second-order valence-corrected chi connectivity index (χ2v) is 4.98. The Balaban J connectivity index is 2.20. The summed E-state index contributed by atoms with van der Waals surface area (Å²) in [7, 11) is 1.51. The minimum Gasteiger partial charge on any atom is -0.313 e. The van der Waals surface area contributed by atoms with Gasteiger partial charge in [-0.05, 0) is 24.3 Å². The normalized spacial score (nSPS) is 10.5. The van der Waals surface area contributed by atoms with Gasteiger partial charge in [-0.1, -0.05) is 0 Å². The molecule has 2 heterocycles. The van der Waals surface area contributed by atoms with Crippen molar-refractivity contribution in [3.05, 3.63) is 48.0 Å². The highest BCUT2D eigenvalue weighted by Gasteiger charge is 2.15. The molecular weight excluding hydrogens is 297 g/mol. The molecule has 1 amide bonds.